The molecule has 28 heavy (non-hydrogen) atoms. The van der Waals surface area contributed by atoms with Crippen molar-refractivity contribution in [2.75, 3.05) is 5.32 Å². The van der Waals surface area contributed by atoms with E-state index in [1.165, 1.54) is 6.20 Å². The Kier molecular flexibility index (Phi) is 5.81. The zero-order chi connectivity index (χ0) is 19.9. The second kappa shape index (κ2) is 8.63. The average molecular weight is 379 g/mol. The first-order chi connectivity index (χ1) is 13.5. The molecule has 8 heteroatoms. The van der Waals surface area contributed by atoms with Gasteiger partial charge < -0.3 is 9.57 Å². The number of hydrogen-bond acceptors (Lipinski definition) is 6. The Bertz CT molecular complexity index is 1030. The van der Waals surface area contributed by atoms with E-state index < -0.39 is 17.6 Å². The molecule has 1 aromatic heterocycles. The molecule has 0 bridgehead atoms. The Morgan fingerprint density at radius 2 is 1.68 bits per heavy atom. The zero-order valence-corrected chi connectivity index (χ0v) is 15.0. The fourth-order valence-corrected chi connectivity index (χ4v) is 2.39. The number of hydrogen-bond donors (Lipinski definition) is 1. The van der Waals surface area contributed by atoms with Crippen LogP contribution < -0.4 is 15.7 Å². The molecule has 1 N–H and O–H groups in total. The first kappa shape index (κ1) is 18.8. The molecule has 0 saturated carbocycles. The number of nitrogens with one attached hydrogen (secondary N) is 1. The quantitative estimate of drug-likeness (QED) is 0.732. The fourth-order valence-electron chi connectivity index (χ4n) is 2.39. The lowest BCUT2D eigenvalue weighted by Gasteiger charge is -2.12. The van der Waals surface area contributed by atoms with Gasteiger partial charge in [-0.2, -0.15) is 0 Å². The zero-order valence-electron chi connectivity index (χ0n) is 15.0. The van der Waals surface area contributed by atoms with Crippen molar-refractivity contribution in [3.8, 4) is 11.4 Å². The van der Waals surface area contributed by atoms with Crippen LogP contribution in [-0.2, 0) is 16.1 Å². The van der Waals surface area contributed by atoms with Crippen molar-refractivity contribution in [1.29, 1.82) is 0 Å². The van der Waals surface area contributed by atoms with E-state index in [1.807, 2.05) is 18.2 Å². The Morgan fingerprint density at radius 3 is 2.32 bits per heavy atom. The third kappa shape index (κ3) is 4.61. The number of amides is 1. The van der Waals surface area contributed by atoms with Crippen LogP contribution in [0.25, 0.3) is 11.4 Å². The Labute approximate surface area is 160 Å². The minimum absolute atomic E-state index is 0.0420. The lowest BCUT2D eigenvalue weighted by molar-refractivity contribution is -0.141. The highest BCUT2D eigenvalue weighted by Crippen LogP contribution is 2.15. The van der Waals surface area contributed by atoms with Gasteiger partial charge in [0.25, 0.3) is 0 Å². The lowest BCUT2D eigenvalue weighted by atomic mass is 10.2. The van der Waals surface area contributed by atoms with Crippen molar-refractivity contribution in [3.05, 3.63) is 82.8 Å². The molecular formula is C20H17N3O5. The second-order valence-electron chi connectivity index (χ2n) is 5.73. The van der Waals surface area contributed by atoms with Gasteiger partial charge in [0.05, 0.1) is 6.20 Å². The Hall–Kier alpha value is -3.94. The predicted octanol–water partition coefficient (Wildman–Crippen LogP) is 2.63. The molecule has 142 valence electrons. The van der Waals surface area contributed by atoms with Crippen LogP contribution in [0, 0.1) is 0 Å². The van der Waals surface area contributed by atoms with Gasteiger partial charge in [-0.1, -0.05) is 60.7 Å². The van der Waals surface area contributed by atoms with E-state index in [1.54, 1.807) is 42.5 Å². The third-order valence-electron chi connectivity index (χ3n) is 3.62. The van der Waals surface area contributed by atoms with Crippen molar-refractivity contribution < 1.29 is 19.2 Å². The standard InChI is InChI=1S/C20H17N3O5/c1-14(24)28-23-18(16-10-6-3-7-11-16)21-12-17(19(23)25)22-20(26)27-13-15-8-4-2-5-9-15/h2-12H,13H2,1H3,(H,22,26). The predicted molar refractivity (Wildman–Crippen MR) is 101 cm³/mol. The molecule has 2 aromatic carbocycles. The van der Waals surface area contributed by atoms with Crippen LogP contribution in [0.2, 0.25) is 0 Å². The summed E-state index contributed by atoms with van der Waals surface area (Å²) in [5.74, 6) is -0.575. The van der Waals surface area contributed by atoms with Crippen molar-refractivity contribution in [2.24, 2.45) is 0 Å². The van der Waals surface area contributed by atoms with Gasteiger partial charge in [-0.05, 0) is 5.56 Å². The van der Waals surface area contributed by atoms with Gasteiger partial charge in [-0.25, -0.2) is 14.6 Å². The van der Waals surface area contributed by atoms with Gasteiger partial charge in [-0.15, -0.1) is 4.73 Å². The molecule has 0 aliphatic heterocycles. The number of nitrogens with zero attached hydrogens (tertiary/aromatic N) is 2. The summed E-state index contributed by atoms with van der Waals surface area (Å²) in [5.41, 5.74) is 0.436. The molecule has 0 unspecified atom stereocenters. The van der Waals surface area contributed by atoms with E-state index in [4.69, 9.17) is 9.57 Å². The van der Waals surface area contributed by atoms with Crippen LogP contribution >= 0.6 is 0 Å². The first-order valence-electron chi connectivity index (χ1n) is 8.38. The topological polar surface area (TPSA) is 99.5 Å². The van der Waals surface area contributed by atoms with E-state index in [2.05, 4.69) is 10.3 Å². The summed E-state index contributed by atoms with van der Waals surface area (Å²) in [6, 6.07) is 17.8. The minimum atomic E-state index is -0.829. The van der Waals surface area contributed by atoms with Gasteiger partial charge in [0.15, 0.2) is 5.82 Å². The van der Waals surface area contributed by atoms with E-state index in [0.29, 0.717) is 5.56 Å². The van der Waals surface area contributed by atoms with Gasteiger partial charge >= 0.3 is 17.6 Å². The summed E-state index contributed by atoms with van der Waals surface area (Å²) in [7, 11) is 0. The fraction of sp³-hybridized carbons (Fsp3) is 0.100. The maximum atomic E-state index is 12.7. The number of anilines is 1. The number of aromatic nitrogens is 2. The summed E-state index contributed by atoms with van der Waals surface area (Å²) in [5, 5.41) is 2.32. The highest BCUT2D eigenvalue weighted by atomic mass is 16.7. The molecule has 3 rings (SSSR count). The van der Waals surface area contributed by atoms with Gasteiger partial charge in [0.2, 0.25) is 0 Å². The number of carbonyl (C=O) groups excluding carboxylic acids is 2. The van der Waals surface area contributed by atoms with Gasteiger partial charge in [0.1, 0.15) is 12.3 Å². The van der Waals surface area contributed by atoms with Crippen LogP contribution in [0.1, 0.15) is 12.5 Å². The van der Waals surface area contributed by atoms with Crippen LogP contribution in [0.15, 0.2) is 71.7 Å². The SMILES string of the molecule is CC(=O)On1c(-c2ccccc2)ncc(NC(=O)OCc2ccccc2)c1=O. The monoisotopic (exact) mass is 379 g/mol. The third-order valence-corrected chi connectivity index (χ3v) is 3.62. The van der Waals surface area contributed by atoms with Crippen LogP contribution in [0.3, 0.4) is 0 Å². The lowest BCUT2D eigenvalue weighted by Crippen LogP contribution is -2.34. The summed E-state index contributed by atoms with van der Waals surface area (Å²) in [6.45, 7) is 1.20. The normalized spacial score (nSPS) is 10.2. The highest BCUT2D eigenvalue weighted by Gasteiger charge is 2.17. The van der Waals surface area contributed by atoms with Crippen molar-refractivity contribution >= 4 is 17.7 Å². The number of rotatable bonds is 5. The van der Waals surface area contributed by atoms with Crippen LogP contribution in [0.5, 0.6) is 0 Å². The maximum absolute atomic E-state index is 12.7. The molecule has 1 heterocycles. The molecule has 8 nitrogen and oxygen atoms in total. The van der Waals surface area contributed by atoms with E-state index in [-0.39, 0.29) is 18.1 Å². The molecular weight excluding hydrogens is 362 g/mol. The summed E-state index contributed by atoms with van der Waals surface area (Å²) >= 11 is 0. The largest absolute Gasteiger partial charge is 0.444 e. The Morgan fingerprint density at radius 1 is 1.04 bits per heavy atom. The number of benzene rings is 2. The summed E-state index contributed by atoms with van der Waals surface area (Å²) < 4.78 is 5.83. The average Bonchev–Trinajstić information content (AvgIpc) is 2.71. The molecule has 3 aromatic rings. The second-order valence-corrected chi connectivity index (χ2v) is 5.73. The molecule has 0 fully saturated rings. The molecule has 0 spiro atoms. The number of ether oxygens (including phenoxy) is 1. The van der Waals surface area contributed by atoms with Gasteiger partial charge in [0, 0.05) is 12.5 Å². The van der Waals surface area contributed by atoms with E-state index in [9.17, 15) is 14.4 Å². The smallest absolute Gasteiger partial charge is 0.412 e. The molecule has 0 aliphatic rings. The number of carbonyl (C=O) groups is 2. The molecule has 1 amide bonds. The molecule has 0 atom stereocenters. The van der Waals surface area contributed by atoms with Crippen LogP contribution in [-0.4, -0.2) is 21.8 Å². The van der Waals surface area contributed by atoms with Gasteiger partial charge in [-0.3, -0.25) is 10.1 Å². The maximum Gasteiger partial charge on any atom is 0.412 e. The highest BCUT2D eigenvalue weighted by molar-refractivity contribution is 5.84. The minimum Gasteiger partial charge on any atom is -0.444 e. The van der Waals surface area contributed by atoms with Crippen molar-refractivity contribution in [2.45, 2.75) is 13.5 Å². The molecule has 0 saturated heterocycles. The van der Waals surface area contributed by atoms with Crippen molar-refractivity contribution in [1.82, 2.24) is 9.71 Å². The molecule has 0 radical (unpaired) electrons. The van der Waals surface area contributed by atoms with Crippen LogP contribution in [0.4, 0.5) is 10.5 Å². The summed E-state index contributed by atoms with van der Waals surface area (Å²) in [4.78, 5) is 45.3. The summed E-state index contributed by atoms with van der Waals surface area (Å²) in [6.07, 6.45) is 0.360. The Balaban J connectivity index is 1.82. The first-order valence-corrected chi connectivity index (χ1v) is 8.38. The molecule has 0 aliphatic carbocycles. The van der Waals surface area contributed by atoms with Crippen molar-refractivity contribution in [3.63, 3.8) is 0 Å². The van der Waals surface area contributed by atoms with E-state index in [0.717, 1.165) is 17.2 Å². The van der Waals surface area contributed by atoms with E-state index >= 15 is 0 Å².